The van der Waals surface area contributed by atoms with Gasteiger partial charge < -0.3 is 0 Å². The van der Waals surface area contributed by atoms with Crippen molar-refractivity contribution in [2.24, 2.45) is 0 Å². The van der Waals surface area contributed by atoms with E-state index in [2.05, 4.69) is 3.45 Å². The summed E-state index contributed by atoms with van der Waals surface area (Å²) in [5.41, 5.74) is 0. The van der Waals surface area contributed by atoms with Crippen LogP contribution in [0.4, 0.5) is 0 Å². The Balaban J connectivity index is 3.85. The fraction of sp³-hybridized carbons (Fsp3) is 0. The number of hydrogen-bond donors (Lipinski definition) is 0. The summed E-state index contributed by atoms with van der Waals surface area (Å²) in [4.78, 5) is 0. The summed E-state index contributed by atoms with van der Waals surface area (Å²) in [5, 5.41) is 0. The second-order valence-electron chi connectivity index (χ2n) is 0.512. The molecule has 0 saturated heterocycles. The first kappa shape index (κ1) is 7.22. The van der Waals surface area contributed by atoms with Crippen molar-refractivity contribution in [2.75, 3.05) is 0 Å². The van der Waals surface area contributed by atoms with Gasteiger partial charge in [0.15, 0.2) is 0 Å². The summed E-state index contributed by atoms with van der Waals surface area (Å²) in [5.74, 6) is 0. The maximum atomic E-state index is 9.85. The van der Waals surface area contributed by atoms with E-state index in [9.17, 15) is 7.35 Å². The van der Waals surface area contributed by atoms with Crippen LogP contribution >= 0.6 is 9.47 Å². The first-order valence-electron chi connectivity index (χ1n) is 0.932. The Morgan fingerprint density at radius 1 is 1.67 bits per heavy atom. The van der Waals surface area contributed by atoms with Crippen molar-refractivity contribution in [3.8, 4) is 0 Å². The molecule has 0 aromatic carbocycles. The van der Waals surface area contributed by atoms with Crippen molar-refractivity contribution in [1.29, 1.82) is 0 Å². The van der Waals surface area contributed by atoms with Gasteiger partial charge in [0.05, 0.1) is 0 Å². The molecule has 0 radical (unpaired) electrons. The predicted molar refractivity (Wildman–Crippen MR) is 12.2 cm³/mol. The van der Waals surface area contributed by atoms with E-state index in [1.54, 1.807) is 9.47 Å². The first-order valence-corrected chi connectivity index (χ1v) is 8.00. The molecule has 0 N–H and O–H groups in total. The molecule has 0 rings (SSSR count). The number of hydrogen-bond acceptors (Lipinski definition) is 3. The predicted octanol–water partition coefficient (Wildman–Crippen LogP) is 0.0148. The second kappa shape index (κ2) is 2.51. The quantitative estimate of drug-likeness (QED) is 0.639. The molecule has 0 aliphatic carbocycles. The molecule has 0 fully saturated rings. The summed E-state index contributed by atoms with van der Waals surface area (Å²) in [6.45, 7) is 0. The molecule has 6 heteroatoms. The van der Waals surface area contributed by atoms with Gasteiger partial charge in [0.25, 0.3) is 0 Å². The molecule has 0 saturated carbocycles. The summed E-state index contributed by atoms with van der Waals surface area (Å²) in [6.07, 6.45) is 0. The molecule has 0 aromatic heterocycles. The Bertz CT molecular complexity index is 113. The summed E-state index contributed by atoms with van der Waals surface area (Å²) in [7, 11) is 1.68. The SMILES string of the molecule is [O]=[V](=[O])([Ir])[O]P. The van der Waals surface area contributed by atoms with E-state index in [0.717, 1.165) is 16.6 Å². The van der Waals surface area contributed by atoms with Gasteiger partial charge >= 0.3 is 48.5 Å². The zero-order valence-corrected chi connectivity index (χ0v) is 7.53. The molecule has 0 amide bonds. The molecule has 0 spiro atoms. The third-order valence-electron chi connectivity index (χ3n) is 0.121. The zero-order valence-electron chi connectivity index (χ0n) is 2.58. The molecule has 0 aliphatic rings. The van der Waals surface area contributed by atoms with Crippen LogP contribution in [-0.4, -0.2) is 0 Å². The van der Waals surface area contributed by atoms with Crippen molar-refractivity contribution < 1.29 is 39.1 Å². The Morgan fingerprint density at radius 2 is 1.83 bits per heavy atom. The topological polar surface area (TPSA) is 43.4 Å². The van der Waals surface area contributed by atoms with Crippen LogP contribution in [0.15, 0.2) is 0 Å². The van der Waals surface area contributed by atoms with E-state index in [-0.39, 0.29) is 0 Å². The second-order valence-corrected chi connectivity index (χ2v) is 8.39. The Morgan fingerprint density at radius 3 is 1.83 bits per heavy atom. The van der Waals surface area contributed by atoms with Gasteiger partial charge in [0, 0.05) is 0 Å². The fourth-order valence-electron chi connectivity index (χ4n) is 0. The van der Waals surface area contributed by atoms with Crippen molar-refractivity contribution in [1.82, 2.24) is 0 Å². The van der Waals surface area contributed by atoms with Crippen LogP contribution in [0, 0.1) is 0 Å². The molecule has 0 bridgehead atoms. The van der Waals surface area contributed by atoms with Crippen molar-refractivity contribution in [2.45, 2.75) is 0 Å². The standard InChI is InChI=1S/Ir.H2OP.2O.V/c;1-2;;;/h;2H2;;;/q;-1;;;+1. The van der Waals surface area contributed by atoms with Crippen LogP contribution in [0.1, 0.15) is 0 Å². The monoisotopic (exact) mass is 325 g/mol. The van der Waals surface area contributed by atoms with E-state index < -0.39 is 11.7 Å². The Labute approximate surface area is 48.6 Å². The normalized spacial score (nSPS) is 11.8. The van der Waals surface area contributed by atoms with Gasteiger partial charge in [-0.25, -0.2) is 0 Å². The van der Waals surface area contributed by atoms with E-state index in [1.807, 2.05) is 0 Å². The van der Waals surface area contributed by atoms with Gasteiger partial charge in [0.1, 0.15) is 0 Å². The van der Waals surface area contributed by atoms with Gasteiger partial charge in [-0.05, 0) is 0 Å². The molecule has 6 heavy (non-hydrogen) atoms. The van der Waals surface area contributed by atoms with Crippen LogP contribution in [0.25, 0.3) is 0 Å². The molecular weight excluding hydrogens is 322 g/mol. The van der Waals surface area contributed by atoms with E-state index in [1.165, 1.54) is 0 Å². The molecule has 1 atom stereocenters. The maximum absolute atomic E-state index is 9.85. The third kappa shape index (κ3) is 5.22. The van der Waals surface area contributed by atoms with Gasteiger partial charge in [-0.15, -0.1) is 0 Å². The van der Waals surface area contributed by atoms with E-state index >= 15 is 0 Å². The number of rotatable bonds is 1. The van der Waals surface area contributed by atoms with Gasteiger partial charge in [-0.3, -0.25) is 0 Å². The van der Waals surface area contributed by atoms with Gasteiger partial charge in [0.2, 0.25) is 0 Å². The van der Waals surface area contributed by atoms with E-state index in [0.29, 0.717) is 0 Å². The van der Waals surface area contributed by atoms with Crippen molar-refractivity contribution >= 4 is 9.47 Å². The summed E-state index contributed by atoms with van der Waals surface area (Å²) >= 11 is -2.89. The van der Waals surface area contributed by atoms with Crippen molar-refractivity contribution in [3.05, 3.63) is 0 Å². The van der Waals surface area contributed by atoms with E-state index in [4.69, 9.17) is 0 Å². The minimum atomic E-state index is -3.95. The molecule has 3 nitrogen and oxygen atoms in total. The molecule has 0 aliphatic heterocycles. The van der Waals surface area contributed by atoms with Crippen LogP contribution < -0.4 is 0 Å². The molecule has 39 valence electrons. The third-order valence-corrected chi connectivity index (χ3v) is 4.62. The average molecular weight is 324 g/mol. The van der Waals surface area contributed by atoms with Crippen LogP contribution in [-0.2, 0) is 39.1 Å². The summed E-state index contributed by atoms with van der Waals surface area (Å²) < 4.78 is 23.6. The Kier molecular flexibility index (Phi) is 3.02. The zero-order chi connectivity index (χ0) is 5.21. The van der Waals surface area contributed by atoms with Crippen LogP contribution in [0.2, 0.25) is 0 Å². The minimum absolute atomic E-state index is 1.06. The van der Waals surface area contributed by atoms with Gasteiger partial charge in [-0.1, -0.05) is 0 Å². The van der Waals surface area contributed by atoms with Crippen LogP contribution in [0.3, 0.4) is 0 Å². The summed E-state index contributed by atoms with van der Waals surface area (Å²) in [6, 6.07) is 0. The fourth-order valence-corrected chi connectivity index (χ4v) is 0. The average Bonchev–Trinajstić information content (AvgIpc) is 1.35. The van der Waals surface area contributed by atoms with Crippen molar-refractivity contribution in [3.63, 3.8) is 0 Å². The van der Waals surface area contributed by atoms with Crippen LogP contribution in [0.5, 0.6) is 0 Å². The van der Waals surface area contributed by atoms with Gasteiger partial charge in [-0.2, -0.15) is 0 Å². The molecular formula is H2IrO3PV. The molecule has 0 aromatic rings. The molecule has 0 heterocycles. The molecule has 1 unspecified atom stereocenters. The Hall–Kier alpha value is 1.22. The first-order chi connectivity index (χ1) is 2.56.